The molecule has 0 aliphatic carbocycles. The average molecular weight is 265 g/mol. The van der Waals surface area contributed by atoms with E-state index in [0.29, 0.717) is 11.8 Å². The van der Waals surface area contributed by atoms with Gasteiger partial charge in [-0.15, -0.1) is 0 Å². The summed E-state index contributed by atoms with van der Waals surface area (Å²) in [4.78, 5) is 0. The normalized spacial score (nSPS) is 22.4. The van der Waals surface area contributed by atoms with E-state index in [1.807, 2.05) is 0 Å². The fourth-order valence-electron chi connectivity index (χ4n) is 3.56. The highest BCUT2D eigenvalue weighted by molar-refractivity contribution is 5.60. The van der Waals surface area contributed by atoms with Gasteiger partial charge in [0.1, 0.15) is 0 Å². The standard InChI is InChI=1S/C19H23N/c1-14(2)19(15(3)16-9-5-4-6-10-16)13-17-11-7-8-12-18(17)20-19/h4-12,14-15,20H,13H2,1-3H3. The van der Waals surface area contributed by atoms with Crippen molar-refractivity contribution in [1.82, 2.24) is 0 Å². The third-order valence-electron chi connectivity index (χ3n) is 4.97. The molecule has 0 bridgehead atoms. The number of benzene rings is 2. The number of anilines is 1. The Balaban J connectivity index is 2.00. The Hall–Kier alpha value is -1.76. The van der Waals surface area contributed by atoms with Crippen molar-refractivity contribution in [2.75, 3.05) is 5.32 Å². The van der Waals surface area contributed by atoms with Gasteiger partial charge in [0.15, 0.2) is 0 Å². The monoisotopic (exact) mass is 265 g/mol. The molecule has 1 nitrogen and oxygen atoms in total. The molecule has 0 amide bonds. The Kier molecular flexibility index (Phi) is 3.29. The molecule has 2 unspecified atom stereocenters. The van der Waals surface area contributed by atoms with Gasteiger partial charge in [-0.1, -0.05) is 69.3 Å². The summed E-state index contributed by atoms with van der Waals surface area (Å²) in [5, 5.41) is 3.85. The van der Waals surface area contributed by atoms with Crippen molar-refractivity contribution in [2.24, 2.45) is 5.92 Å². The van der Waals surface area contributed by atoms with Crippen LogP contribution < -0.4 is 5.32 Å². The van der Waals surface area contributed by atoms with Gasteiger partial charge in [-0.3, -0.25) is 0 Å². The first-order valence-corrected chi connectivity index (χ1v) is 7.54. The van der Waals surface area contributed by atoms with Crippen molar-refractivity contribution in [2.45, 2.75) is 38.6 Å². The molecule has 20 heavy (non-hydrogen) atoms. The van der Waals surface area contributed by atoms with Gasteiger partial charge in [0, 0.05) is 11.6 Å². The van der Waals surface area contributed by atoms with Crippen LogP contribution in [0.25, 0.3) is 0 Å². The fourth-order valence-corrected chi connectivity index (χ4v) is 3.56. The third-order valence-corrected chi connectivity index (χ3v) is 4.97. The van der Waals surface area contributed by atoms with E-state index in [9.17, 15) is 0 Å². The van der Waals surface area contributed by atoms with E-state index >= 15 is 0 Å². The molecule has 2 aromatic rings. The van der Waals surface area contributed by atoms with Crippen molar-refractivity contribution >= 4 is 5.69 Å². The second-order valence-electron chi connectivity index (χ2n) is 6.29. The third kappa shape index (κ3) is 2.02. The van der Waals surface area contributed by atoms with Gasteiger partial charge in [-0.2, -0.15) is 0 Å². The number of hydrogen-bond donors (Lipinski definition) is 1. The summed E-state index contributed by atoms with van der Waals surface area (Å²) in [6, 6.07) is 19.6. The number of nitrogens with one attached hydrogen (secondary N) is 1. The second-order valence-corrected chi connectivity index (χ2v) is 6.29. The maximum atomic E-state index is 3.85. The lowest BCUT2D eigenvalue weighted by molar-refractivity contribution is 0.302. The summed E-state index contributed by atoms with van der Waals surface area (Å²) in [7, 11) is 0. The van der Waals surface area contributed by atoms with Crippen molar-refractivity contribution in [3.05, 3.63) is 65.7 Å². The van der Waals surface area contributed by atoms with Crippen molar-refractivity contribution in [1.29, 1.82) is 0 Å². The predicted molar refractivity (Wildman–Crippen MR) is 86.2 cm³/mol. The fraction of sp³-hybridized carbons (Fsp3) is 0.368. The van der Waals surface area contributed by atoms with Gasteiger partial charge in [-0.25, -0.2) is 0 Å². The Morgan fingerprint density at radius 3 is 2.20 bits per heavy atom. The summed E-state index contributed by atoms with van der Waals surface area (Å²) in [6.07, 6.45) is 1.11. The molecule has 2 atom stereocenters. The van der Waals surface area contributed by atoms with Crippen LogP contribution in [0.1, 0.15) is 37.8 Å². The van der Waals surface area contributed by atoms with Gasteiger partial charge < -0.3 is 5.32 Å². The molecule has 3 rings (SSSR count). The van der Waals surface area contributed by atoms with E-state index in [4.69, 9.17) is 0 Å². The maximum absolute atomic E-state index is 3.85. The molecular weight excluding hydrogens is 242 g/mol. The number of fused-ring (bicyclic) bond motifs is 1. The van der Waals surface area contributed by atoms with Crippen LogP contribution in [-0.4, -0.2) is 5.54 Å². The van der Waals surface area contributed by atoms with Gasteiger partial charge >= 0.3 is 0 Å². The molecular formula is C19H23N. The lowest BCUT2D eigenvalue weighted by Crippen LogP contribution is -2.46. The molecule has 1 aliphatic rings. The van der Waals surface area contributed by atoms with Crippen molar-refractivity contribution < 1.29 is 0 Å². The molecule has 0 spiro atoms. The number of rotatable bonds is 3. The van der Waals surface area contributed by atoms with Crippen LogP contribution in [-0.2, 0) is 6.42 Å². The van der Waals surface area contributed by atoms with Crippen LogP contribution in [0.2, 0.25) is 0 Å². The van der Waals surface area contributed by atoms with Crippen LogP contribution >= 0.6 is 0 Å². The lowest BCUT2D eigenvalue weighted by Gasteiger charge is -2.40. The second kappa shape index (κ2) is 4.97. The first-order valence-electron chi connectivity index (χ1n) is 7.54. The molecule has 0 saturated heterocycles. The summed E-state index contributed by atoms with van der Waals surface area (Å²) < 4.78 is 0. The summed E-state index contributed by atoms with van der Waals surface area (Å²) in [5.74, 6) is 1.06. The van der Waals surface area contributed by atoms with E-state index in [0.717, 1.165) is 6.42 Å². The molecule has 1 heteroatoms. The van der Waals surface area contributed by atoms with Crippen LogP contribution in [0.4, 0.5) is 5.69 Å². The first-order chi connectivity index (χ1) is 9.63. The quantitative estimate of drug-likeness (QED) is 0.836. The zero-order chi connectivity index (χ0) is 14.2. The topological polar surface area (TPSA) is 12.0 Å². The number of para-hydroxylation sites is 1. The average Bonchev–Trinajstić information content (AvgIpc) is 2.88. The highest BCUT2D eigenvalue weighted by Gasteiger charge is 2.44. The van der Waals surface area contributed by atoms with E-state index in [-0.39, 0.29) is 5.54 Å². The van der Waals surface area contributed by atoms with Crippen LogP contribution in [0.5, 0.6) is 0 Å². The van der Waals surface area contributed by atoms with E-state index in [1.165, 1.54) is 16.8 Å². The Bertz CT molecular complexity index is 561. The minimum Gasteiger partial charge on any atom is -0.378 e. The Morgan fingerprint density at radius 1 is 0.900 bits per heavy atom. The largest absolute Gasteiger partial charge is 0.378 e. The highest BCUT2D eigenvalue weighted by atomic mass is 15.0. The highest BCUT2D eigenvalue weighted by Crippen LogP contribution is 2.45. The molecule has 1 heterocycles. The molecule has 0 saturated carbocycles. The van der Waals surface area contributed by atoms with Gasteiger partial charge in [0.05, 0.1) is 5.54 Å². The number of hydrogen-bond acceptors (Lipinski definition) is 1. The Labute approximate surface area is 122 Å². The molecule has 2 aromatic carbocycles. The molecule has 104 valence electrons. The zero-order valence-corrected chi connectivity index (χ0v) is 12.6. The molecule has 1 aliphatic heterocycles. The van der Waals surface area contributed by atoms with Crippen LogP contribution in [0.3, 0.4) is 0 Å². The predicted octanol–water partition coefficient (Wildman–Crippen LogP) is 4.85. The van der Waals surface area contributed by atoms with Gasteiger partial charge in [0.2, 0.25) is 0 Å². The van der Waals surface area contributed by atoms with Crippen LogP contribution in [0, 0.1) is 5.92 Å². The van der Waals surface area contributed by atoms with Crippen LogP contribution in [0.15, 0.2) is 54.6 Å². The summed E-state index contributed by atoms with van der Waals surface area (Å²) >= 11 is 0. The van der Waals surface area contributed by atoms with E-state index in [2.05, 4.69) is 80.7 Å². The Morgan fingerprint density at radius 2 is 1.55 bits per heavy atom. The summed E-state index contributed by atoms with van der Waals surface area (Å²) in [6.45, 7) is 7.02. The van der Waals surface area contributed by atoms with Gasteiger partial charge in [-0.05, 0) is 29.5 Å². The van der Waals surface area contributed by atoms with Gasteiger partial charge in [0.25, 0.3) is 0 Å². The zero-order valence-electron chi connectivity index (χ0n) is 12.6. The minimum absolute atomic E-state index is 0.116. The molecule has 1 N–H and O–H groups in total. The van der Waals surface area contributed by atoms with E-state index < -0.39 is 0 Å². The SMILES string of the molecule is CC(C)C1(C(C)c2ccccc2)Cc2ccccc2N1. The summed E-state index contributed by atoms with van der Waals surface area (Å²) in [5.41, 5.74) is 4.29. The van der Waals surface area contributed by atoms with Crippen molar-refractivity contribution in [3.8, 4) is 0 Å². The van der Waals surface area contributed by atoms with E-state index in [1.54, 1.807) is 0 Å². The molecule has 0 aromatic heterocycles. The molecule has 0 fully saturated rings. The lowest BCUT2D eigenvalue weighted by atomic mass is 9.71. The molecule has 0 radical (unpaired) electrons. The smallest absolute Gasteiger partial charge is 0.0503 e. The first kappa shape index (κ1) is 13.2. The van der Waals surface area contributed by atoms with Crippen molar-refractivity contribution in [3.63, 3.8) is 0 Å². The minimum atomic E-state index is 0.116. The maximum Gasteiger partial charge on any atom is 0.0503 e.